The number of ether oxygens (including phenoxy) is 2. The molecule has 0 saturated carbocycles. The van der Waals surface area contributed by atoms with E-state index in [-0.39, 0.29) is 16.1 Å². The van der Waals surface area contributed by atoms with Crippen molar-refractivity contribution in [3.63, 3.8) is 0 Å². The van der Waals surface area contributed by atoms with Crippen LogP contribution in [0.2, 0.25) is 10.3 Å². The first-order chi connectivity index (χ1) is 11.2. The zero-order valence-electron chi connectivity index (χ0n) is 12.0. The molecule has 0 aliphatic rings. The molecule has 3 rings (SSSR count). The molecule has 0 aliphatic heterocycles. The number of pyridine rings is 1. The largest absolute Gasteiger partial charge is 0.493 e. The van der Waals surface area contributed by atoms with Crippen molar-refractivity contribution in [1.29, 1.82) is 0 Å². The van der Waals surface area contributed by atoms with Crippen LogP contribution < -0.4 is 9.47 Å². The second kappa shape index (κ2) is 6.81. The Hall–Kier alpha value is -2.37. The van der Waals surface area contributed by atoms with Gasteiger partial charge in [0.15, 0.2) is 27.6 Å². The molecule has 7 heteroatoms. The van der Waals surface area contributed by atoms with Gasteiger partial charge in [0.05, 0.1) is 7.11 Å². The lowest BCUT2D eigenvalue weighted by Gasteiger charge is -2.12. The summed E-state index contributed by atoms with van der Waals surface area (Å²) >= 11 is 12.4. The first-order valence-electron chi connectivity index (χ1n) is 6.63. The highest BCUT2D eigenvalue weighted by Gasteiger charge is 2.16. The van der Waals surface area contributed by atoms with Crippen molar-refractivity contribution in [2.45, 2.75) is 0 Å². The van der Waals surface area contributed by atoms with Crippen LogP contribution in [0.15, 0.2) is 48.8 Å². The van der Waals surface area contributed by atoms with Crippen LogP contribution in [0.4, 0.5) is 0 Å². The SMILES string of the molecule is COc1ccccc1Oc1c(Cl)nc(-c2cccnc2)nc1Cl. The van der Waals surface area contributed by atoms with Crippen LogP contribution in [0.3, 0.4) is 0 Å². The topological polar surface area (TPSA) is 57.1 Å². The molecule has 0 radical (unpaired) electrons. The summed E-state index contributed by atoms with van der Waals surface area (Å²) < 4.78 is 11.0. The van der Waals surface area contributed by atoms with Gasteiger partial charge in [0.2, 0.25) is 5.75 Å². The number of para-hydroxylation sites is 2. The van der Waals surface area contributed by atoms with Gasteiger partial charge < -0.3 is 9.47 Å². The maximum atomic E-state index is 6.21. The molecular formula is C16H11Cl2N3O2. The fraction of sp³-hybridized carbons (Fsp3) is 0.0625. The zero-order valence-corrected chi connectivity index (χ0v) is 13.5. The molecule has 0 unspecified atom stereocenters. The molecule has 0 bridgehead atoms. The molecule has 2 heterocycles. The van der Waals surface area contributed by atoms with E-state index in [4.69, 9.17) is 32.7 Å². The second-order valence-electron chi connectivity index (χ2n) is 4.45. The van der Waals surface area contributed by atoms with E-state index < -0.39 is 0 Å². The van der Waals surface area contributed by atoms with Gasteiger partial charge in [-0.1, -0.05) is 35.3 Å². The molecular weight excluding hydrogens is 337 g/mol. The number of hydrogen-bond donors (Lipinski definition) is 0. The smallest absolute Gasteiger partial charge is 0.202 e. The van der Waals surface area contributed by atoms with Crippen LogP contribution in [0.25, 0.3) is 11.4 Å². The Labute approximate surface area is 142 Å². The van der Waals surface area contributed by atoms with Crippen molar-refractivity contribution < 1.29 is 9.47 Å². The van der Waals surface area contributed by atoms with Gasteiger partial charge in [0.25, 0.3) is 0 Å². The molecule has 3 aromatic rings. The van der Waals surface area contributed by atoms with E-state index in [1.807, 2.05) is 18.2 Å². The standard InChI is InChI=1S/C16H11Cl2N3O2/c1-22-11-6-2-3-7-12(11)23-13-14(17)20-16(21-15(13)18)10-5-4-8-19-9-10/h2-9H,1H3. The number of aromatic nitrogens is 3. The molecule has 23 heavy (non-hydrogen) atoms. The van der Waals surface area contributed by atoms with E-state index in [1.54, 1.807) is 37.7 Å². The van der Waals surface area contributed by atoms with Crippen LogP contribution in [0.5, 0.6) is 17.2 Å². The van der Waals surface area contributed by atoms with Crippen molar-refractivity contribution in [2.24, 2.45) is 0 Å². The van der Waals surface area contributed by atoms with Gasteiger partial charge in [0.1, 0.15) is 0 Å². The molecule has 0 saturated heterocycles. The molecule has 0 spiro atoms. The normalized spacial score (nSPS) is 10.4. The van der Waals surface area contributed by atoms with Crippen LogP contribution >= 0.6 is 23.2 Å². The van der Waals surface area contributed by atoms with E-state index in [1.165, 1.54) is 0 Å². The van der Waals surface area contributed by atoms with Crippen LogP contribution in [-0.2, 0) is 0 Å². The van der Waals surface area contributed by atoms with Crippen molar-refractivity contribution >= 4 is 23.2 Å². The average Bonchev–Trinajstić information content (AvgIpc) is 2.59. The predicted octanol–water partition coefficient (Wildman–Crippen LogP) is 4.65. The van der Waals surface area contributed by atoms with Gasteiger partial charge >= 0.3 is 0 Å². The number of nitrogens with zero attached hydrogens (tertiary/aromatic N) is 3. The Bertz CT molecular complexity index is 806. The van der Waals surface area contributed by atoms with E-state index in [0.29, 0.717) is 22.9 Å². The molecule has 116 valence electrons. The number of benzene rings is 1. The maximum Gasteiger partial charge on any atom is 0.202 e. The van der Waals surface area contributed by atoms with Crippen LogP contribution in [-0.4, -0.2) is 22.1 Å². The lowest BCUT2D eigenvalue weighted by atomic mass is 10.3. The minimum atomic E-state index is 0.106. The predicted molar refractivity (Wildman–Crippen MR) is 88.4 cm³/mol. The summed E-state index contributed by atoms with van der Waals surface area (Å²) in [7, 11) is 1.55. The third-order valence-electron chi connectivity index (χ3n) is 2.98. The molecule has 1 aromatic carbocycles. The lowest BCUT2D eigenvalue weighted by molar-refractivity contribution is 0.378. The van der Waals surface area contributed by atoms with Gasteiger partial charge in [-0.3, -0.25) is 4.98 Å². The fourth-order valence-corrected chi connectivity index (χ4v) is 2.38. The van der Waals surface area contributed by atoms with Crippen molar-refractivity contribution in [3.05, 3.63) is 59.1 Å². The highest BCUT2D eigenvalue weighted by atomic mass is 35.5. The molecule has 0 atom stereocenters. The zero-order chi connectivity index (χ0) is 16.2. The number of rotatable bonds is 4. The lowest BCUT2D eigenvalue weighted by Crippen LogP contribution is -1.97. The van der Waals surface area contributed by atoms with Gasteiger partial charge in [-0.15, -0.1) is 0 Å². The summed E-state index contributed by atoms with van der Waals surface area (Å²) in [6, 6.07) is 10.7. The fourth-order valence-electron chi connectivity index (χ4n) is 1.92. The summed E-state index contributed by atoms with van der Waals surface area (Å²) in [5, 5.41) is 0.213. The number of hydrogen-bond acceptors (Lipinski definition) is 5. The quantitative estimate of drug-likeness (QED) is 0.643. The summed E-state index contributed by atoms with van der Waals surface area (Å²) in [6.07, 6.45) is 3.29. The number of halogens is 2. The van der Waals surface area contributed by atoms with Gasteiger partial charge in [-0.2, -0.15) is 0 Å². The molecule has 5 nitrogen and oxygen atoms in total. The van der Waals surface area contributed by atoms with Gasteiger partial charge in [0, 0.05) is 18.0 Å². The second-order valence-corrected chi connectivity index (χ2v) is 5.17. The molecule has 0 fully saturated rings. The molecule has 0 amide bonds. The van der Waals surface area contributed by atoms with Crippen molar-refractivity contribution in [2.75, 3.05) is 7.11 Å². The Morgan fingerprint density at radius 1 is 0.913 bits per heavy atom. The average molecular weight is 348 g/mol. The highest BCUT2D eigenvalue weighted by Crippen LogP contribution is 2.38. The van der Waals surface area contributed by atoms with E-state index >= 15 is 0 Å². The molecule has 2 aromatic heterocycles. The van der Waals surface area contributed by atoms with Crippen molar-refractivity contribution in [1.82, 2.24) is 15.0 Å². The summed E-state index contributed by atoms with van der Waals surface area (Å²) in [4.78, 5) is 12.5. The van der Waals surface area contributed by atoms with Crippen LogP contribution in [0, 0.1) is 0 Å². The van der Waals surface area contributed by atoms with E-state index in [0.717, 1.165) is 0 Å². The maximum absolute atomic E-state index is 6.21. The Balaban J connectivity index is 1.98. The monoisotopic (exact) mass is 347 g/mol. The molecule has 0 aliphatic carbocycles. The minimum absolute atomic E-state index is 0.106. The Morgan fingerprint density at radius 2 is 1.61 bits per heavy atom. The van der Waals surface area contributed by atoms with Crippen LogP contribution in [0.1, 0.15) is 0 Å². The van der Waals surface area contributed by atoms with Gasteiger partial charge in [-0.25, -0.2) is 9.97 Å². The highest BCUT2D eigenvalue weighted by molar-refractivity contribution is 6.35. The number of methoxy groups -OCH3 is 1. The summed E-state index contributed by atoms with van der Waals surface area (Å²) in [6.45, 7) is 0. The summed E-state index contributed by atoms with van der Waals surface area (Å²) in [5.41, 5.74) is 0.708. The first-order valence-corrected chi connectivity index (χ1v) is 7.39. The summed E-state index contributed by atoms with van der Waals surface area (Å²) in [5.74, 6) is 1.57. The molecule has 0 N–H and O–H groups in total. The Morgan fingerprint density at radius 3 is 2.22 bits per heavy atom. The van der Waals surface area contributed by atoms with Gasteiger partial charge in [-0.05, 0) is 24.3 Å². The third kappa shape index (κ3) is 3.36. The Kier molecular flexibility index (Phi) is 4.60. The van der Waals surface area contributed by atoms with Crippen molar-refractivity contribution in [3.8, 4) is 28.6 Å². The minimum Gasteiger partial charge on any atom is -0.493 e. The third-order valence-corrected chi connectivity index (χ3v) is 3.50. The van der Waals surface area contributed by atoms with E-state index in [2.05, 4.69) is 15.0 Å². The van der Waals surface area contributed by atoms with E-state index in [9.17, 15) is 0 Å². The first kappa shape index (κ1) is 15.5.